The molecule has 5 rings (SSSR count). The Morgan fingerprint density at radius 1 is 1.06 bits per heavy atom. The summed E-state index contributed by atoms with van der Waals surface area (Å²) < 4.78 is 16.9. The van der Waals surface area contributed by atoms with Crippen LogP contribution in [0.1, 0.15) is 42.5 Å². The van der Waals surface area contributed by atoms with Gasteiger partial charge in [-0.15, -0.1) is 0 Å². The molecule has 0 amide bonds. The van der Waals surface area contributed by atoms with Gasteiger partial charge in [-0.3, -0.25) is 9.69 Å². The van der Waals surface area contributed by atoms with Gasteiger partial charge < -0.3 is 24.5 Å². The van der Waals surface area contributed by atoms with Gasteiger partial charge in [-0.25, -0.2) is 0 Å². The summed E-state index contributed by atoms with van der Waals surface area (Å²) in [4.78, 5) is 17.9. The zero-order valence-electron chi connectivity index (χ0n) is 20.6. The predicted molar refractivity (Wildman–Crippen MR) is 138 cm³/mol. The molecule has 0 spiro atoms. The Hall–Kier alpha value is -2.87. The molecule has 3 heterocycles. The average Bonchev–Trinajstić information content (AvgIpc) is 2.89. The summed E-state index contributed by atoms with van der Waals surface area (Å²) in [7, 11) is 1.74. The van der Waals surface area contributed by atoms with Crippen molar-refractivity contribution in [2.45, 2.75) is 38.3 Å². The first kappa shape index (κ1) is 23.9. The van der Waals surface area contributed by atoms with Gasteiger partial charge in [0.2, 0.25) is 0 Å². The molecule has 0 saturated carbocycles. The minimum atomic E-state index is -0.000758. The van der Waals surface area contributed by atoms with E-state index in [1.54, 1.807) is 7.11 Å². The van der Waals surface area contributed by atoms with Crippen LogP contribution in [0.5, 0.6) is 11.5 Å². The van der Waals surface area contributed by atoms with Crippen molar-refractivity contribution in [3.05, 3.63) is 69.5 Å². The fourth-order valence-corrected chi connectivity index (χ4v) is 5.27. The molecule has 3 aromatic rings. The van der Waals surface area contributed by atoms with Gasteiger partial charge in [-0.2, -0.15) is 0 Å². The smallest absolute Gasteiger partial charge is 0.251 e. The van der Waals surface area contributed by atoms with E-state index in [9.17, 15) is 4.79 Å². The summed E-state index contributed by atoms with van der Waals surface area (Å²) in [5, 5.41) is 4.69. The van der Waals surface area contributed by atoms with Gasteiger partial charge in [-0.05, 0) is 66.1 Å². The highest BCUT2D eigenvalue weighted by molar-refractivity contribution is 5.80. The van der Waals surface area contributed by atoms with Crippen molar-refractivity contribution in [2.75, 3.05) is 46.6 Å². The van der Waals surface area contributed by atoms with Crippen LogP contribution < -0.4 is 20.3 Å². The van der Waals surface area contributed by atoms with E-state index in [4.69, 9.17) is 14.2 Å². The molecule has 7 nitrogen and oxygen atoms in total. The summed E-state index contributed by atoms with van der Waals surface area (Å²) in [5.74, 6) is 1.62. The number of hydrogen-bond donors (Lipinski definition) is 2. The van der Waals surface area contributed by atoms with Gasteiger partial charge in [-0.1, -0.05) is 19.1 Å². The minimum Gasteiger partial charge on any atom is -0.486 e. The van der Waals surface area contributed by atoms with Crippen molar-refractivity contribution in [1.82, 2.24) is 15.2 Å². The van der Waals surface area contributed by atoms with E-state index in [-0.39, 0.29) is 11.6 Å². The van der Waals surface area contributed by atoms with E-state index in [0.29, 0.717) is 25.7 Å². The van der Waals surface area contributed by atoms with Crippen LogP contribution in [-0.4, -0.2) is 62.5 Å². The van der Waals surface area contributed by atoms with Crippen LogP contribution in [-0.2, 0) is 11.2 Å². The highest BCUT2D eigenvalue weighted by atomic mass is 16.6. The number of methoxy groups -OCH3 is 1. The number of aryl methyl sites for hydroxylation is 1. The fourth-order valence-electron chi connectivity index (χ4n) is 5.27. The number of piperidine rings is 1. The summed E-state index contributed by atoms with van der Waals surface area (Å²) in [6.07, 6.45) is 2.89. The second kappa shape index (κ2) is 10.8. The van der Waals surface area contributed by atoms with Crippen LogP contribution in [0.15, 0.2) is 47.3 Å². The number of benzene rings is 2. The lowest BCUT2D eigenvalue weighted by Crippen LogP contribution is -2.44. The molecule has 35 heavy (non-hydrogen) atoms. The monoisotopic (exact) mass is 477 g/mol. The molecule has 1 unspecified atom stereocenters. The lowest BCUT2D eigenvalue weighted by molar-refractivity contribution is 0.150. The molecule has 2 N–H and O–H groups in total. The summed E-state index contributed by atoms with van der Waals surface area (Å²) in [6, 6.07) is 15.4. The van der Waals surface area contributed by atoms with Crippen molar-refractivity contribution in [3.63, 3.8) is 0 Å². The molecule has 1 aromatic heterocycles. The second-order valence-electron chi connectivity index (χ2n) is 9.39. The Bertz CT molecular complexity index is 1220. The van der Waals surface area contributed by atoms with Crippen molar-refractivity contribution in [3.8, 4) is 11.5 Å². The van der Waals surface area contributed by atoms with Crippen LogP contribution in [0.25, 0.3) is 10.9 Å². The number of ether oxygens (including phenoxy) is 3. The third kappa shape index (κ3) is 5.22. The molecule has 2 aliphatic rings. The number of nitrogens with one attached hydrogen (secondary N) is 2. The summed E-state index contributed by atoms with van der Waals surface area (Å²) in [5.41, 5.74) is 4.10. The van der Waals surface area contributed by atoms with Gasteiger partial charge in [0.05, 0.1) is 12.6 Å². The third-order valence-electron chi connectivity index (χ3n) is 7.16. The number of H-pyrrole nitrogens is 1. The Balaban J connectivity index is 1.48. The number of rotatable bonds is 8. The van der Waals surface area contributed by atoms with Gasteiger partial charge in [0.1, 0.15) is 13.2 Å². The highest BCUT2D eigenvalue weighted by Gasteiger charge is 2.28. The maximum atomic E-state index is 12.3. The lowest BCUT2D eigenvalue weighted by atomic mass is 9.92. The first-order valence-corrected chi connectivity index (χ1v) is 12.7. The number of nitrogens with zero attached hydrogens (tertiary/aromatic N) is 1. The molecule has 1 saturated heterocycles. The van der Waals surface area contributed by atoms with Crippen LogP contribution >= 0.6 is 0 Å². The Labute approximate surface area is 206 Å². The molecule has 2 aliphatic heterocycles. The van der Waals surface area contributed by atoms with Crippen LogP contribution in [0.2, 0.25) is 0 Å². The molecule has 0 bridgehead atoms. The fraction of sp³-hybridized carbons (Fsp3) is 0.464. The van der Waals surface area contributed by atoms with E-state index < -0.39 is 0 Å². The highest BCUT2D eigenvalue weighted by Crippen LogP contribution is 2.38. The Kier molecular flexibility index (Phi) is 7.37. The zero-order chi connectivity index (χ0) is 24.2. The largest absolute Gasteiger partial charge is 0.486 e. The SMILES string of the molecule is CCc1cc2cc(C(c3ccc4c(c3)OCCO4)N3CCC(NCCOC)CC3)ccc2[nH]c1=O. The van der Waals surface area contributed by atoms with Crippen LogP contribution in [0.3, 0.4) is 0 Å². The van der Waals surface area contributed by atoms with Gasteiger partial charge in [0, 0.05) is 43.9 Å². The number of hydrogen-bond acceptors (Lipinski definition) is 6. The maximum Gasteiger partial charge on any atom is 0.251 e. The van der Waals surface area contributed by atoms with Gasteiger partial charge in [0.15, 0.2) is 11.5 Å². The molecule has 2 aromatic carbocycles. The number of pyridine rings is 1. The molecule has 1 fully saturated rings. The Morgan fingerprint density at radius 3 is 2.57 bits per heavy atom. The standard InChI is InChI=1S/C28H35N3O4/c1-3-19-16-22-17-20(4-6-24(22)30-28(19)32)27(21-5-7-25-26(18-21)35-15-14-34-25)31-11-8-23(9-12-31)29-10-13-33-2/h4-7,16-18,23,27,29H,3,8-15H2,1-2H3,(H,30,32). The molecule has 186 valence electrons. The van der Waals surface area contributed by atoms with Crippen LogP contribution in [0.4, 0.5) is 0 Å². The van der Waals surface area contributed by atoms with Gasteiger partial charge in [0.25, 0.3) is 5.56 Å². The van der Waals surface area contributed by atoms with Crippen molar-refractivity contribution in [2.24, 2.45) is 0 Å². The number of fused-ring (bicyclic) bond motifs is 2. The summed E-state index contributed by atoms with van der Waals surface area (Å²) >= 11 is 0. The van der Waals surface area contributed by atoms with Crippen LogP contribution in [0, 0.1) is 0 Å². The first-order valence-electron chi connectivity index (χ1n) is 12.7. The van der Waals surface area contributed by atoms with Crippen molar-refractivity contribution < 1.29 is 14.2 Å². The van der Waals surface area contributed by atoms with Crippen molar-refractivity contribution >= 4 is 10.9 Å². The number of aromatic nitrogens is 1. The van der Waals surface area contributed by atoms with E-state index in [2.05, 4.69) is 39.5 Å². The molecule has 1 atom stereocenters. The number of aromatic amines is 1. The zero-order valence-corrected chi connectivity index (χ0v) is 20.6. The molecule has 0 radical (unpaired) electrons. The minimum absolute atomic E-state index is 0.000758. The molecular formula is C28H35N3O4. The van der Waals surface area contributed by atoms with E-state index in [1.807, 2.05) is 25.1 Å². The van der Waals surface area contributed by atoms with E-state index in [1.165, 1.54) is 11.1 Å². The van der Waals surface area contributed by atoms with Gasteiger partial charge >= 0.3 is 0 Å². The third-order valence-corrected chi connectivity index (χ3v) is 7.16. The second-order valence-corrected chi connectivity index (χ2v) is 9.39. The molecule has 7 heteroatoms. The van der Waals surface area contributed by atoms with Crippen molar-refractivity contribution in [1.29, 1.82) is 0 Å². The quantitative estimate of drug-likeness (QED) is 0.483. The molecule has 0 aliphatic carbocycles. The number of likely N-dealkylation sites (tertiary alicyclic amines) is 1. The Morgan fingerprint density at radius 2 is 1.80 bits per heavy atom. The normalized spacial score (nSPS) is 17.5. The van der Waals surface area contributed by atoms with E-state index in [0.717, 1.165) is 67.0 Å². The maximum absolute atomic E-state index is 12.3. The average molecular weight is 478 g/mol. The lowest BCUT2D eigenvalue weighted by Gasteiger charge is -2.38. The topological polar surface area (TPSA) is 75.8 Å². The van der Waals surface area contributed by atoms with E-state index >= 15 is 0 Å². The first-order chi connectivity index (χ1) is 17.2. The molecular weight excluding hydrogens is 442 g/mol. The summed E-state index contributed by atoms with van der Waals surface area (Å²) in [6.45, 7) is 6.78. The predicted octanol–water partition coefficient (Wildman–Crippen LogP) is 3.65.